The van der Waals surface area contributed by atoms with Gasteiger partial charge in [-0.05, 0) is 25.5 Å². The van der Waals surface area contributed by atoms with E-state index in [2.05, 4.69) is 9.98 Å². The van der Waals surface area contributed by atoms with Gasteiger partial charge >= 0.3 is 18.0 Å². The third kappa shape index (κ3) is 2.55. The topological polar surface area (TPSA) is 86.2 Å². The normalized spacial score (nSPS) is 18.8. The van der Waals surface area contributed by atoms with Gasteiger partial charge in [-0.25, -0.2) is 9.78 Å². The Morgan fingerprint density at radius 2 is 2.04 bits per heavy atom. The fraction of sp³-hybridized carbons (Fsp3) is 0.333. The van der Waals surface area contributed by atoms with Gasteiger partial charge in [-0.2, -0.15) is 13.2 Å². The number of nitrogens with one attached hydrogen (secondary N) is 1. The molecule has 0 spiro atoms. The number of carbonyl (C=O) groups is 1. The lowest BCUT2D eigenvalue weighted by molar-refractivity contribution is -0.394. The van der Waals surface area contributed by atoms with E-state index < -0.39 is 40.5 Å². The number of aliphatic hydroxyl groups excluding tert-OH is 1. The van der Waals surface area contributed by atoms with Crippen molar-refractivity contribution >= 4 is 22.7 Å². The molecule has 0 radical (unpaired) electrons. The summed E-state index contributed by atoms with van der Waals surface area (Å²) in [6.45, 7) is 1.46. The van der Waals surface area contributed by atoms with Gasteiger partial charge in [0.15, 0.2) is 6.04 Å². The fourth-order valence-corrected chi connectivity index (χ4v) is 2.90. The van der Waals surface area contributed by atoms with E-state index in [0.717, 1.165) is 10.6 Å². The summed E-state index contributed by atoms with van der Waals surface area (Å²) in [5.74, 6) is -0.735. The molecule has 2 heterocycles. The summed E-state index contributed by atoms with van der Waals surface area (Å²) in [5.41, 5.74) is -2.05. The van der Waals surface area contributed by atoms with Crippen LogP contribution in [0.2, 0.25) is 0 Å². The number of aliphatic hydroxyl groups is 1. The predicted octanol–water partition coefficient (Wildman–Crippen LogP) is 0.622. The Morgan fingerprint density at radius 1 is 1.33 bits per heavy atom. The molecule has 1 unspecified atom stereocenters. The number of benzene rings is 1. The number of halogens is 3. The molecule has 2 N–H and O–H groups in total. The van der Waals surface area contributed by atoms with Crippen LogP contribution in [0.4, 0.5) is 13.2 Å². The number of rotatable bonds is 1. The van der Waals surface area contributed by atoms with Crippen molar-refractivity contribution in [1.82, 2.24) is 9.55 Å². The summed E-state index contributed by atoms with van der Waals surface area (Å²) < 4.78 is 40.6. The van der Waals surface area contributed by atoms with Crippen molar-refractivity contribution < 1.29 is 28.1 Å². The lowest BCUT2D eigenvalue weighted by Crippen LogP contribution is -2.80. The van der Waals surface area contributed by atoms with Gasteiger partial charge in [-0.15, -0.1) is 4.99 Å². The maximum atomic E-state index is 13.2. The van der Waals surface area contributed by atoms with Crippen LogP contribution in [0.1, 0.15) is 30.3 Å². The Balaban J connectivity index is 2.33. The Kier molecular flexibility index (Phi) is 3.66. The maximum Gasteiger partial charge on any atom is 0.417 e. The number of amides is 1. The van der Waals surface area contributed by atoms with Gasteiger partial charge in [-0.3, -0.25) is 9.36 Å². The molecule has 24 heavy (non-hydrogen) atoms. The van der Waals surface area contributed by atoms with Gasteiger partial charge in [0, 0.05) is 0 Å². The average molecular weight is 340 g/mol. The van der Waals surface area contributed by atoms with Crippen LogP contribution < -0.4 is 10.6 Å². The van der Waals surface area contributed by atoms with Gasteiger partial charge in [0.05, 0.1) is 22.9 Å². The van der Waals surface area contributed by atoms with Gasteiger partial charge in [0.1, 0.15) is 5.82 Å². The van der Waals surface area contributed by atoms with E-state index in [9.17, 15) is 27.9 Å². The number of fused-ring (bicyclic) bond motifs is 1. The molecule has 1 aromatic carbocycles. The van der Waals surface area contributed by atoms with Crippen molar-refractivity contribution in [1.29, 1.82) is 0 Å². The summed E-state index contributed by atoms with van der Waals surface area (Å²) in [4.78, 5) is 30.3. The third-order valence-electron chi connectivity index (χ3n) is 3.95. The summed E-state index contributed by atoms with van der Waals surface area (Å²) >= 11 is 0. The lowest BCUT2D eigenvalue weighted by Gasteiger charge is -2.20. The smallest absolute Gasteiger partial charge is 0.417 e. The maximum absolute atomic E-state index is 13.2. The molecule has 0 saturated carbocycles. The second-order valence-corrected chi connectivity index (χ2v) is 5.52. The standard InChI is InChI=1S/C15H12F3N3O3/c1-7-19-9-4-2-3-8(15(16,17)18)12(9)14(24)21(7)10-5-6-11(22)20-13(10)23/h2-4,10H,5-6H2,1H3,(H,20,22,23)/p+1. The minimum Gasteiger partial charge on any atom is -0.462 e. The first kappa shape index (κ1) is 16.2. The summed E-state index contributed by atoms with van der Waals surface area (Å²) in [5, 5.41) is 9.36. The largest absolute Gasteiger partial charge is 0.462 e. The Hall–Kier alpha value is -2.71. The number of alkyl halides is 3. The third-order valence-corrected chi connectivity index (χ3v) is 3.95. The number of aryl methyl sites for hydroxylation is 1. The van der Waals surface area contributed by atoms with Gasteiger partial charge < -0.3 is 5.11 Å². The van der Waals surface area contributed by atoms with Crippen LogP contribution in [-0.4, -0.2) is 26.5 Å². The van der Waals surface area contributed by atoms with Gasteiger partial charge in [0.25, 0.3) is 5.56 Å². The molecule has 0 fully saturated rings. The van der Waals surface area contributed by atoms with Gasteiger partial charge in [0.2, 0.25) is 0 Å². The lowest BCUT2D eigenvalue weighted by atomic mass is 10.1. The van der Waals surface area contributed by atoms with E-state index >= 15 is 0 Å². The van der Waals surface area contributed by atoms with Crippen LogP contribution in [0.15, 0.2) is 23.0 Å². The molecule has 3 rings (SSSR count). The number of hydrogen-bond donors (Lipinski definition) is 2. The summed E-state index contributed by atoms with van der Waals surface area (Å²) in [6.07, 6.45) is -4.57. The minimum absolute atomic E-state index is 0.0412. The Labute approximate surface area is 133 Å². The molecule has 1 aliphatic heterocycles. The van der Waals surface area contributed by atoms with Crippen LogP contribution in [0, 0.1) is 6.92 Å². The number of aromatic nitrogens is 2. The highest BCUT2D eigenvalue weighted by Gasteiger charge is 2.37. The van der Waals surface area contributed by atoms with Crippen molar-refractivity contribution in [3.05, 3.63) is 39.9 Å². The van der Waals surface area contributed by atoms with E-state index in [4.69, 9.17) is 0 Å². The molecule has 0 saturated heterocycles. The molecule has 1 atom stereocenters. The average Bonchev–Trinajstić information content (AvgIpc) is 2.47. The summed E-state index contributed by atoms with van der Waals surface area (Å²) in [6, 6.07) is 2.38. The van der Waals surface area contributed by atoms with E-state index in [1.165, 1.54) is 19.1 Å². The first-order valence-electron chi connectivity index (χ1n) is 7.15. The molecule has 1 aromatic heterocycles. The van der Waals surface area contributed by atoms with E-state index in [0.29, 0.717) is 0 Å². The van der Waals surface area contributed by atoms with Crippen molar-refractivity contribution in [3.63, 3.8) is 0 Å². The van der Waals surface area contributed by atoms with E-state index in [1.54, 1.807) is 0 Å². The molecule has 1 aliphatic rings. The van der Waals surface area contributed by atoms with Gasteiger partial charge in [-0.1, -0.05) is 6.07 Å². The molecule has 0 aliphatic carbocycles. The number of carbonyl (C=O) groups excluding carboxylic acids is 1. The zero-order valence-corrected chi connectivity index (χ0v) is 12.5. The molecule has 2 aromatic rings. The summed E-state index contributed by atoms with van der Waals surface area (Å²) in [7, 11) is 0. The highest BCUT2D eigenvalue weighted by Crippen LogP contribution is 2.33. The van der Waals surface area contributed by atoms with Crippen LogP contribution in [0.3, 0.4) is 0 Å². The molecule has 0 bridgehead atoms. The monoisotopic (exact) mass is 340 g/mol. The highest BCUT2D eigenvalue weighted by molar-refractivity contribution is 5.84. The van der Waals surface area contributed by atoms with Crippen molar-refractivity contribution in [2.75, 3.05) is 0 Å². The molecule has 9 heteroatoms. The molecular weight excluding hydrogens is 327 g/mol. The quantitative estimate of drug-likeness (QED) is 0.797. The zero-order chi connectivity index (χ0) is 17.6. The SMILES string of the molecule is Cc1nc2cccc(C(F)(F)F)c2c(=O)n1C1CCC(=O)[NH+]=C1O. The minimum atomic E-state index is -4.71. The Bertz CT molecular complexity index is 931. The molecular formula is C15H13F3N3O3+. The second kappa shape index (κ2) is 5.43. The first-order chi connectivity index (χ1) is 11.2. The van der Waals surface area contributed by atoms with Crippen LogP contribution >= 0.6 is 0 Å². The Morgan fingerprint density at radius 3 is 2.67 bits per heavy atom. The van der Waals surface area contributed by atoms with Crippen molar-refractivity contribution in [2.24, 2.45) is 0 Å². The van der Waals surface area contributed by atoms with Crippen molar-refractivity contribution in [2.45, 2.75) is 32.0 Å². The zero-order valence-electron chi connectivity index (χ0n) is 12.5. The van der Waals surface area contributed by atoms with Crippen LogP contribution in [0.5, 0.6) is 0 Å². The van der Waals surface area contributed by atoms with Crippen molar-refractivity contribution in [3.8, 4) is 0 Å². The number of hydrogen-bond acceptors (Lipinski definition) is 3. The fourth-order valence-electron chi connectivity index (χ4n) is 2.90. The second-order valence-electron chi connectivity index (χ2n) is 5.52. The molecule has 6 nitrogen and oxygen atoms in total. The van der Waals surface area contributed by atoms with Crippen LogP contribution in [-0.2, 0) is 11.0 Å². The highest BCUT2D eigenvalue weighted by atomic mass is 19.4. The predicted molar refractivity (Wildman–Crippen MR) is 77.6 cm³/mol. The van der Waals surface area contributed by atoms with E-state index in [-0.39, 0.29) is 24.2 Å². The number of nitrogens with zero attached hydrogens (tertiary/aromatic N) is 2. The van der Waals surface area contributed by atoms with Crippen LogP contribution in [0.25, 0.3) is 10.9 Å². The first-order valence-corrected chi connectivity index (χ1v) is 7.15. The van der Waals surface area contributed by atoms with E-state index in [1.807, 2.05) is 0 Å². The molecule has 1 amide bonds. The molecule has 126 valence electrons.